The van der Waals surface area contributed by atoms with Gasteiger partial charge in [-0.15, -0.1) is 0 Å². The van der Waals surface area contributed by atoms with Crippen LogP contribution in [0.25, 0.3) is 0 Å². The van der Waals surface area contributed by atoms with E-state index in [1.54, 1.807) is 0 Å². The average Bonchev–Trinajstić information content (AvgIpc) is 2.34. The number of anilines is 2. The van der Waals surface area contributed by atoms with Crippen molar-refractivity contribution < 1.29 is 18.1 Å². The summed E-state index contributed by atoms with van der Waals surface area (Å²) in [5.41, 5.74) is 1.79. The number of nitrogens with two attached hydrogens (primary N) is 1. The Morgan fingerprint density at radius 2 is 2.16 bits per heavy atom. The van der Waals surface area contributed by atoms with Gasteiger partial charge in [0.15, 0.2) is 0 Å². The normalized spacial score (nSPS) is 11.2. The molecule has 0 bridgehead atoms. The highest BCUT2D eigenvalue weighted by atomic mass is 19.4. The Labute approximate surface area is 106 Å². The fraction of sp³-hybridized carbons (Fsp3) is 0.444. The first-order chi connectivity index (χ1) is 8.74. The maximum atomic E-state index is 12.1. The molecule has 7 nitrogen and oxygen atoms in total. The third kappa shape index (κ3) is 4.25. The molecule has 0 atom stereocenters. The molecule has 0 amide bonds. The summed E-state index contributed by atoms with van der Waals surface area (Å²) in [5.74, 6) is 5.06. The Balaban J connectivity index is 2.98. The van der Waals surface area contributed by atoms with Crippen LogP contribution in [0, 0.1) is 10.1 Å². The molecule has 0 fully saturated rings. The molecule has 3 N–H and O–H groups in total. The zero-order valence-corrected chi connectivity index (χ0v) is 9.94. The predicted molar refractivity (Wildman–Crippen MR) is 62.6 cm³/mol. The smallest absolute Gasteiger partial charge is 0.354 e. The lowest BCUT2D eigenvalue weighted by atomic mass is 10.3. The molecular formula is C9H12F3N5O2. The van der Waals surface area contributed by atoms with Crippen molar-refractivity contribution in [2.24, 2.45) is 5.84 Å². The van der Waals surface area contributed by atoms with Crippen LogP contribution in [0.3, 0.4) is 0 Å². The van der Waals surface area contributed by atoms with E-state index in [1.165, 1.54) is 13.1 Å². The van der Waals surface area contributed by atoms with Gasteiger partial charge >= 0.3 is 11.9 Å². The van der Waals surface area contributed by atoms with Gasteiger partial charge in [-0.3, -0.25) is 10.1 Å². The molecule has 0 aromatic carbocycles. The first kappa shape index (κ1) is 15.0. The van der Waals surface area contributed by atoms with E-state index in [-0.39, 0.29) is 17.3 Å². The minimum Gasteiger partial charge on any atom is -0.354 e. The van der Waals surface area contributed by atoms with Crippen LogP contribution < -0.4 is 16.2 Å². The molecule has 0 aliphatic heterocycles. The molecule has 0 radical (unpaired) electrons. The van der Waals surface area contributed by atoms with Crippen LogP contribution in [0.4, 0.5) is 30.5 Å². The Morgan fingerprint density at radius 1 is 1.53 bits per heavy atom. The number of nitrogens with zero attached hydrogens (tertiary/aromatic N) is 3. The van der Waals surface area contributed by atoms with Crippen molar-refractivity contribution >= 4 is 17.3 Å². The number of hydrazine groups is 1. The van der Waals surface area contributed by atoms with E-state index in [4.69, 9.17) is 5.84 Å². The van der Waals surface area contributed by atoms with Crippen molar-refractivity contribution in [2.45, 2.75) is 12.6 Å². The summed E-state index contributed by atoms with van der Waals surface area (Å²) in [7, 11) is 1.29. The quantitative estimate of drug-likeness (QED) is 0.483. The van der Waals surface area contributed by atoms with E-state index in [0.29, 0.717) is 0 Å². The zero-order valence-electron chi connectivity index (χ0n) is 9.94. The molecular weight excluding hydrogens is 267 g/mol. The summed E-state index contributed by atoms with van der Waals surface area (Å²) in [4.78, 5) is 14.9. The molecule has 106 valence electrons. The van der Waals surface area contributed by atoms with Crippen LogP contribution in [0.5, 0.6) is 0 Å². The molecule has 0 saturated heterocycles. The molecule has 1 rings (SSSR count). The lowest BCUT2D eigenvalue weighted by Gasteiger charge is -2.19. The lowest BCUT2D eigenvalue weighted by Crippen LogP contribution is -2.26. The molecule has 0 saturated carbocycles. The van der Waals surface area contributed by atoms with Gasteiger partial charge < -0.3 is 10.3 Å². The van der Waals surface area contributed by atoms with Crippen LogP contribution in [0.15, 0.2) is 12.1 Å². The van der Waals surface area contributed by atoms with Gasteiger partial charge in [0.05, 0.1) is 11.3 Å². The Hall–Kier alpha value is -2.10. The Morgan fingerprint density at radius 3 is 2.63 bits per heavy atom. The second-order valence-corrected chi connectivity index (χ2v) is 3.73. The van der Waals surface area contributed by atoms with Gasteiger partial charge in [0.1, 0.15) is 5.82 Å². The number of rotatable bonds is 5. The summed E-state index contributed by atoms with van der Waals surface area (Å²) >= 11 is 0. The molecule has 0 spiro atoms. The van der Waals surface area contributed by atoms with E-state index < -0.39 is 24.1 Å². The number of alkyl halides is 3. The van der Waals surface area contributed by atoms with Gasteiger partial charge in [0.25, 0.3) is 0 Å². The number of nitro groups is 1. The summed E-state index contributed by atoms with van der Waals surface area (Å²) in [5, 5.41) is 10.8. The van der Waals surface area contributed by atoms with Gasteiger partial charge in [-0.05, 0) is 6.07 Å². The van der Waals surface area contributed by atoms with Crippen LogP contribution in [0.2, 0.25) is 0 Å². The van der Waals surface area contributed by atoms with Crippen LogP contribution in [0.1, 0.15) is 6.42 Å². The Kier molecular flexibility index (Phi) is 4.48. The number of pyridine rings is 1. The van der Waals surface area contributed by atoms with Crippen LogP contribution in [-0.2, 0) is 0 Å². The largest absolute Gasteiger partial charge is 0.390 e. The first-order valence-electron chi connectivity index (χ1n) is 5.14. The van der Waals surface area contributed by atoms with Crippen LogP contribution in [-0.4, -0.2) is 29.7 Å². The third-order valence-corrected chi connectivity index (χ3v) is 2.29. The van der Waals surface area contributed by atoms with Gasteiger partial charge in [-0.2, -0.15) is 13.2 Å². The number of halogens is 3. The van der Waals surface area contributed by atoms with Crippen molar-refractivity contribution in [1.29, 1.82) is 0 Å². The van der Waals surface area contributed by atoms with Crippen molar-refractivity contribution in [1.82, 2.24) is 4.98 Å². The standard InChI is InChI=1S/C9H12F3N5O2/c1-16(5-4-9(10,11)12)8-6(17(18)19)2-3-7(14-8)15-13/h2-3H,4-5,13H2,1H3,(H,14,15). The lowest BCUT2D eigenvalue weighted by molar-refractivity contribution is -0.384. The summed E-state index contributed by atoms with van der Waals surface area (Å²) in [6.45, 7) is -0.439. The predicted octanol–water partition coefficient (Wildman–Crippen LogP) is 1.66. The monoisotopic (exact) mass is 279 g/mol. The fourth-order valence-electron chi connectivity index (χ4n) is 1.35. The highest BCUT2D eigenvalue weighted by molar-refractivity contribution is 5.61. The highest BCUT2D eigenvalue weighted by Crippen LogP contribution is 2.28. The average molecular weight is 279 g/mol. The third-order valence-electron chi connectivity index (χ3n) is 2.29. The highest BCUT2D eigenvalue weighted by Gasteiger charge is 2.29. The number of nitrogens with one attached hydrogen (secondary N) is 1. The molecule has 0 unspecified atom stereocenters. The molecule has 1 heterocycles. The van der Waals surface area contributed by atoms with Gasteiger partial charge in [0.2, 0.25) is 5.82 Å². The molecule has 0 aliphatic carbocycles. The van der Waals surface area contributed by atoms with Crippen molar-refractivity contribution in [3.8, 4) is 0 Å². The van der Waals surface area contributed by atoms with Crippen molar-refractivity contribution in [2.75, 3.05) is 23.9 Å². The van der Waals surface area contributed by atoms with E-state index in [9.17, 15) is 23.3 Å². The molecule has 19 heavy (non-hydrogen) atoms. The zero-order chi connectivity index (χ0) is 14.6. The topological polar surface area (TPSA) is 97.3 Å². The van der Waals surface area contributed by atoms with E-state index >= 15 is 0 Å². The second kappa shape index (κ2) is 5.69. The van der Waals surface area contributed by atoms with E-state index in [0.717, 1.165) is 11.0 Å². The maximum absolute atomic E-state index is 12.1. The molecule has 1 aromatic heterocycles. The first-order valence-corrected chi connectivity index (χ1v) is 5.14. The van der Waals surface area contributed by atoms with Crippen molar-refractivity contribution in [3.63, 3.8) is 0 Å². The van der Waals surface area contributed by atoms with Gasteiger partial charge in [-0.25, -0.2) is 10.8 Å². The molecule has 0 aliphatic rings. The number of nitrogen functional groups attached to an aromatic ring is 1. The number of hydrogen-bond acceptors (Lipinski definition) is 6. The molecule has 1 aromatic rings. The molecule has 10 heteroatoms. The van der Waals surface area contributed by atoms with E-state index in [2.05, 4.69) is 10.4 Å². The fourth-order valence-corrected chi connectivity index (χ4v) is 1.35. The van der Waals surface area contributed by atoms with Gasteiger partial charge in [-0.1, -0.05) is 0 Å². The summed E-state index contributed by atoms with van der Waals surface area (Å²) in [6.07, 6.45) is -5.44. The Bertz CT molecular complexity index is 466. The second-order valence-electron chi connectivity index (χ2n) is 3.73. The minimum absolute atomic E-state index is 0.124. The summed E-state index contributed by atoms with van der Waals surface area (Å²) < 4.78 is 36.4. The number of hydrogen-bond donors (Lipinski definition) is 2. The van der Waals surface area contributed by atoms with Gasteiger partial charge in [0, 0.05) is 19.7 Å². The maximum Gasteiger partial charge on any atom is 0.390 e. The SMILES string of the molecule is CN(CCC(F)(F)F)c1nc(NN)ccc1[N+](=O)[O-]. The number of aromatic nitrogens is 1. The summed E-state index contributed by atoms with van der Waals surface area (Å²) in [6, 6.07) is 2.39. The van der Waals surface area contributed by atoms with E-state index in [1.807, 2.05) is 0 Å². The van der Waals surface area contributed by atoms with Crippen LogP contribution >= 0.6 is 0 Å². The van der Waals surface area contributed by atoms with Crippen molar-refractivity contribution in [3.05, 3.63) is 22.2 Å². The minimum atomic E-state index is -4.34.